The maximum Gasteiger partial charge on any atom is 0.231 e. The molecule has 1 aromatic carbocycles. The summed E-state index contributed by atoms with van der Waals surface area (Å²) in [6.07, 6.45) is 4.56. The average molecular weight is 475 g/mol. The summed E-state index contributed by atoms with van der Waals surface area (Å²) in [5, 5.41) is 6.67. The SMILES string of the molecule is CCNC(=NCCCOCC1CC1)NCCc1ccc2c(c1)OCO2.I. The highest BCUT2D eigenvalue weighted by Gasteiger charge is 2.20. The molecule has 1 fully saturated rings. The van der Waals surface area contributed by atoms with Gasteiger partial charge in [0.2, 0.25) is 6.79 Å². The number of hydrogen-bond donors (Lipinski definition) is 2. The van der Waals surface area contributed by atoms with Gasteiger partial charge in [-0.2, -0.15) is 0 Å². The fourth-order valence-corrected chi connectivity index (χ4v) is 2.66. The largest absolute Gasteiger partial charge is 0.454 e. The lowest BCUT2D eigenvalue weighted by molar-refractivity contribution is 0.123. The van der Waals surface area contributed by atoms with E-state index in [-0.39, 0.29) is 24.0 Å². The molecule has 2 N–H and O–H groups in total. The second-order valence-corrected chi connectivity index (χ2v) is 6.50. The highest BCUT2D eigenvalue weighted by molar-refractivity contribution is 14.0. The van der Waals surface area contributed by atoms with Crippen molar-refractivity contribution in [3.05, 3.63) is 23.8 Å². The summed E-state index contributed by atoms with van der Waals surface area (Å²) >= 11 is 0. The van der Waals surface area contributed by atoms with Crippen LogP contribution in [0.15, 0.2) is 23.2 Å². The Morgan fingerprint density at radius 3 is 2.88 bits per heavy atom. The Balaban J connectivity index is 0.00000243. The lowest BCUT2D eigenvalue weighted by Gasteiger charge is -2.11. The maximum absolute atomic E-state index is 5.64. The molecule has 2 aliphatic rings. The molecule has 1 saturated carbocycles. The van der Waals surface area contributed by atoms with E-state index in [1.807, 2.05) is 12.1 Å². The first-order valence-electron chi connectivity index (χ1n) is 9.33. The van der Waals surface area contributed by atoms with E-state index in [2.05, 4.69) is 28.6 Å². The van der Waals surface area contributed by atoms with Crippen molar-refractivity contribution in [2.45, 2.75) is 32.6 Å². The number of halogens is 1. The van der Waals surface area contributed by atoms with Crippen LogP contribution in [-0.2, 0) is 11.2 Å². The van der Waals surface area contributed by atoms with Gasteiger partial charge in [-0.3, -0.25) is 4.99 Å². The summed E-state index contributed by atoms with van der Waals surface area (Å²) in [5.74, 6) is 3.36. The van der Waals surface area contributed by atoms with Crippen LogP contribution in [-0.4, -0.2) is 45.6 Å². The van der Waals surface area contributed by atoms with Gasteiger partial charge >= 0.3 is 0 Å². The second kappa shape index (κ2) is 11.5. The molecule has 0 saturated heterocycles. The fraction of sp³-hybridized carbons (Fsp3) is 0.632. The van der Waals surface area contributed by atoms with E-state index >= 15 is 0 Å². The summed E-state index contributed by atoms with van der Waals surface area (Å²) in [4.78, 5) is 4.60. The van der Waals surface area contributed by atoms with E-state index in [0.717, 1.165) is 69.1 Å². The second-order valence-electron chi connectivity index (χ2n) is 6.50. The van der Waals surface area contributed by atoms with Crippen LogP contribution < -0.4 is 20.1 Å². The Labute approximate surface area is 173 Å². The molecule has 0 bridgehead atoms. The number of benzene rings is 1. The van der Waals surface area contributed by atoms with Crippen LogP contribution in [0.3, 0.4) is 0 Å². The van der Waals surface area contributed by atoms with Crippen LogP contribution in [0.25, 0.3) is 0 Å². The van der Waals surface area contributed by atoms with Crippen molar-refractivity contribution in [1.82, 2.24) is 10.6 Å². The van der Waals surface area contributed by atoms with Crippen LogP contribution in [0.4, 0.5) is 0 Å². The normalized spacial score (nSPS) is 15.5. The van der Waals surface area contributed by atoms with Crippen LogP contribution in [0.2, 0.25) is 0 Å². The molecule has 0 spiro atoms. The maximum atomic E-state index is 5.64. The highest BCUT2D eigenvalue weighted by Crippen LogP contribution is 2.32. The van der Waals surface area contributed by atoms with Gasteiger partial charge in [0.15, 0.2) is 17.5 Å². The summed E-state index contributed by atoms with van der Waals surface area (Å²) in [7, 11) is 0. The molecule has 1 aliphatic carbocycles. The van der Waals surface area contributed by atoms with Gasteiger partial charge in [0.05, 0.1) is 0 Å². The number of aliphatic imine (C=N–C) groups is 1. The van der Waals surface area contributed by atoms with Gasteiger partial charge in [0.25, 0.3) is 0 Å². The predicted molar refractivity (Wildman–Crippen MR) is 114 cm³/mol. The van der Waals surface area contributed by atoms with Gasteiger partial charge in [-0.05, 0) is 56.2 Å². The molecule has 6 nitrogen and oxygen atoms in total. The van der Waals surface area contributed by atoms with Crippen molar-refractivity contribution in [2.75, 3.05) is 39.6 Å². The smallest absolute Gasteiger partial charge is 0.231 e. The molecule has 0 unspecified atom stereocenters. The van der Waals surface area contributed by atoms with E-state index in [1.165, 1.54) is 18.4 Å². The molecule has 146 valence electrons. The number of fused-ring (bicyclic) bond motifs is 1. The Morgan fingerprint density at radius 1 is 1.23 bits per heavy atom. The Bertz CT molecular complexity index is 579. The topological polar surface area (TPSA) is 64.1 Å². The first-order valence-corrected chi connectivity index (χ1v) is 9.33. The van der Waals surface area contributed by atoms with Crippen molar-refractivity contribution in [2.24, 2.45) is 10.9 Å². The number of guanidine groups is 1. The molecular formula is C19H30IN3O3. The van der Waals surface area contributed by atoms with Crippen LogP contribution in [0.5, 0.6) is 11.5 Å². The van der Waals surface area contributed by atoms with Gasteiger partial charge in [-0.1, -0.05) is 6.07 Å². The van der Waals surface area contributed by atoms with Crippen LogP contribution >= 0.6 is 24.0 Å². The molecule has 26 heavy (non-hydrogen) atoms. The van der Waals surface area contributed by atoms with E-state index < -0.39 is 0 Å². The summed E-state index contributed by atoms with van der Waals surface area (Å²) in [6.45, 7) is 6.59. The summed E-state index contributed by atoms with van der Waals surface area (Å²) in [6, 6.07) is 6.10. The van der Waals surface area contributed by atoms with Crippen LogP contribution in [0.1, 0.15) is 31.7 Å². The quantitative estimate of drug-likeness (QED) is 0.236. The number of nitrogens with zero attached hydrogens (tertiary/aromatic N) is 1. The van der Waals surface area contributed by atoms with Crippen molar-refractivity contribution < 1.29 is 14.2 Å². The zero-order chi connectivity index (χ0) is 17.3. The zero-order valence-electron chi connectivity index (χ0n) is 15.5. The number of ether oxygens (including phenoxy) is 3. The third kappa shape index (κ3) is 7.19. The molecule has 0 amide bonds. The predicted octanol–water partition coefficient (Wildman–Crippen LogP) is 2.95. The molecule has 0 atom stereocenters. The molecule has 1 aliphatic heterocycles. The monoisotopic (exact) mass is 475 g/mol. The number of nitrogens with one attached hydrogen (secondary N) is 2. The highest BCUT2D eigenvalue weighted by atomic mass is 127. The molecule has 0 aromatic heterocycles. The van der Waals surface area contributed by atoms with Gasteiger partial charge in [-0.15, -0.1) is 24.0 Å². The minimum atomic E-state index is 0. The molecule has 3 rings (SSSR count). The van der Waals surface area contributed by atoms with Crippen molar-refractivity contribution in [3.63, 3.8) is 0 Å². The van der Waals surface area contributed by atoms with Gasteiger partial charge in [0.1, 0.15) is 0 Å². The Hall–Kier alpha value is -1.22. The molecule has 0 radical (unpaired) electrons. The van der Waals surface area contributed by atoms with Gasteiger partial charge in [-0.25, -0.2) is 0 Å². The first kappa shape index (κ1) is 21.1. The third-order valence-electron chi connectivity index (χ3n) is 4.25. The third-order valence-corrected chi connectivity index (χ3v) is 4.25. The van der Waals surface area contributed by atoms with Crippen molar-refractivity contribution in [3.8, 4) is 11.5 Å². The van der Waals surface area contributed by atoms with Gasteiger partial charge in [0, 0.05) is 32.8 Å². The molecule has 1 heterocycles. The lowest BCUT2D eigenvalue weighted by Crippen LogP contribution is -2.38. The number of hydrogen-bond acceptors (Lipinski definition) is 4. The molecule has 7 heteroatoms. The fourth-order valence-electron chi connectivity index (χ4n) is 2.66. The minimum absolute atomic E-state index is 0. The summed E-state index contributed by atoms with van der Waals surface area (Å²) < 4.78 is 16.4. The number of rotatable bonds is 10. The van der Waals surface area contributed by atoms with E-state index in [9.17, 15) is 0 Å². The van der Waals surface area contributed by atoms with Crippen LogP contribution in [0, 0.1) is 5.92 Å². The summed E-state index contributed by atoms with van der Waals surface area (Å²) in [5.41, 5.74) is 1.22. The minimum Gasteiger partial charge on any atom is -0.454 e. The molecular weight excluding hydrogens is 445 g/mol. The van der Waals surface area contributed by atoms with Gasteiger partial charge < -0.3 is 24.8 Å². The lowest BCUT2D eigenvalue weighted by atomic mass is 10.1. The standard InChI is InChI=1S/C19H29N3O3.HI/c1-2-20-19(21-9-3-11-23-13-16-4-5-16)22-10-8-15-6-7-17-18(12-15)25-14-24-17;/h6-7,12,16H,2-5,8-11,13-14H2,1H3,(H2,20,21,22);1H. The van der Waals surface area contributed by atoms with Crippen molar-refractivity contribution >= 4 is 29.9 Å². The van der Waals surface area contributed by atoms with E-state index in [0.29, 0.717) is 6.79 Å². The Morgan fingerprint density at radius 2 is 2.08 bits per heavy atom. The zero-order valence-corrected chi connectivity index (χ0v) is 17.8. The van der Waals surface area contributed by atoms with E-state index in [4.69, 9.17) is 14.2 Å². The van der Waals surface area contributed by atoms with E-state index in [1.54, 1.807) is 0 Å². The first-order chi connectivity index (χ1) is 12.3. The average Bonchev–Trinajstić information content (AvgIpc) is 3.33. The van der Waals surface area contributed by atoms with Crippen molar-refractivity contribution in [1.29, 1.82) is 0 Å². The molecule has 1 aromatic rings. The Kier molecular flexibility index (Phi) is 9.31.